The second kappa shape index (κ2) is 6.89. The van der Waals surface area contributed by atoms with E-state index in [-0.39, 0.29) is 5.91 Å². The number of hydrogen-bond donors (Lipinski definition) is 1. The molecule has 0 bridgehead atoms. The summed E-state index contributed by atoms with van der Waals surface area (Å²) >= 11 is 7.04. The van der Waals surface area contributed by atoms with Gasteiger partial charge in [-0.05, 0) is 43.4 Å². The van der Waals surface area contributed by atoms with Crippen LogP contribution in [0.2, 0.25) is 0 Å². The fraction of sp³-hybridized carbons (Fsp3) is 0.533. The minimum atomic E-state index is 0.0525. The van der Waals surface area contributed by atoms with Gasteiger partial charge in [-0.15, -0.1) is 0 Å². The lowest BCUT2D eigenvalue weighted by atomic mass is 9.85. The van der Waals surface area contributed by atoms with Crippen molar-refractivity contribution in [1.29, 1.82) is 0 Å². The van der Waals surface area contributed by atoms with Crippen LogP contribution in [0.25, 0.3) is 0 Å². The predicted molar refractivity (Wildman–Crippen MR) is 85.9 cm³/mol. The van der Waals surface area contributed by atoms with Crippen molar-refractivity contribution >= 4 is 37.8 Å². The number of hydrogen-bond acceptors (Lipinski definition) is 1. The number of benzene rings is 1. The van der Waals surface area contributed by atoms with Crippen LogP contribution in [-0.4, -0.2) is 17.3 Å². The van der Waals surface area contributed by atoms with Gasteiger partial charge in [0.15, 0.2) is 0 Å². The van der Waals surface area contributed by atoms with Crippen LogP contribution in [0.1, 0.15) is 41.6 Å². The van der Waals surface area contributed by atoms with Crippen LogP contribution in [-0.2, 0) is 0 Å². The zero-order chi connectivity index (χ0) is 13.8. The zero-order valence-corrected chi connectivity index (χ0v) is 14.3. The maximum Gasteiger partial charge on any atom is 0.251 e. The van der Waals surface area contributed by atoms with Crippen molar-refractivity contribution in [3.63, 3.8) is 0 Å². The molecule has 1 saturated carbocycles. The van der Waals surface area contributed by atoms with Crippen LogP contribution >= 0.6 is 31.9 Å². The molecule has 1 aromatic carbocycles. The van der Waals surface area contributed by atoms with E-state index in [1.165, 1.54) is 19.3 Å². The maximum atomic E-state index is 12.4. The molecule has 1 aromatic rings. The molecule has 1 aliphatic rings. The molecule has 4 heteroatoms. The molecule has 2 nitrogen and oxygen atoms in total. The first-order valence-electron chi connectivity index (χ1n) is 6.75. The van der Waals surface area contributed by atoms with E-state index in [1.54, 1.807) is 0 Å². The van der Waals surface area contributed by atoms with Gasteiger partial charge in [-0.1, -0.05) is 50.8 Å². The maximum absolute atomic E-state index is 12.4. The molecule has 0 aromatic heterocycles. The smallest absolute Gasteiger partial charge is 0.251 e. The first-order chi connectivity index (χ1) is 9.13. The molecular formula is C15H19Br2NO. The summed E-state index contributed by atoms with van der Waals surface area (Å²) < 4.78 is 0.987. The van der Waals surface area contributed by atoms with E-state index in [4.69, 9.17) is 0 Å². The average molecular weight is 389 g/mol. The van der Waals surface area contributed by atoms with Gasteiger partial charge in [-0.2, -0.15) is 0 Å². The van der Waals surface area contributed by atoms with Gasteiger partial charge >= 0.3 is 0 Å². The van der Waals surface area contributed by atoms with Gasteiger partial charge in [0.1, 0.15) is 0 Å². The number of amides is 1. The first kappa shape index (κ1) is 15.0. The van der Waals surface area contributed by atoms with Crippen LogP contribution in [0, 0.1) is 12.8 Å². The molecule has 0 spiro atoms. The van der Waals surface area contributed by atoms with Crippen LogP contribution < -0.4 is 5.32 Å². The molecule has 0 heterocycles. The van der Waals surface area contributed by atoms with Crippen molar-refractivity contribution in [3.8, 4) is 0 Å². The Morgan fingerprint density at radius 2 is 2.11 bits per heavy atom. The van der Waals surface area contributed by atoms with Crippen molar-refractivity contribution in [2.75, 3.05) is 5.33 Å². The number of carbonyl (C=O) groups is 1. The van der Waals surface area contributed by atoms with E-state index in [1.807, 2.05) is 25.1 Å². The summed E-state index contributed by atoms with van der Waals surface area (Å²) in [6.07, 6.45) is 4.78. The Balaban J connectivity index is 2.09. The highest BCUT2D eigenvalue weighted by atomic mass is 79.9. The minimum Gasteiger partial charge on any atom is -0.349 e. The third-order valence-corrected chi connectivity index (χ3v) is 5.63. The van der Waals surface area contributed by atoms with Gasteiger partial charge in [0.25, 0.3) is 5.91 Å². The quantitative estimate of drug-likeness (QED) is 0.762. The van der Waals surface area contributed by atoms with Crippen LogP contribution in [0.15, 0.2) is 22.7 Å². The summed E-state index contributed by atoms with van der Waals surface area (Å²) in [4.78, 5) is 12.4. The molecule has 104 valence electrons. The number of rotatable bonds is 3. The number of alkyl halides is 1. The fourth-order valence-corrected chi connectivity index (χ4v) is 3.82. The monoisotopic (exact) mass is 387 g/mol. The summed E-state index contributed by atoms with van der Waals surface area (Å²) in [5, 5.41) is 4.18. The summed E-state index contributed by atoms with van der Waals surface area (Å²) in [5.74, 6) is 0.613. The van der Waals surface area contributed by atoms with Gasteiger partial charge < -0.3 is 5.32 Å². The highest BCUT2D eigenvalue weighted by molar-refractivity contribution is 9.10. The normalized spacial score (nSPS) is 23.1. The van der Waals surface area contributed by atoms with E-state index in [2.05, 4.69) is 37.2 Å². The number of carbonyl (C=O) groups excluding carboxylic acids is 1. The summed E-state index contributed by atoms with van der Waals surface area (Å²) in [7, 11) is 0. The Morgan fingerprint density at radius 1 is 1.37 bits per heavy atom. The number of halogens is 2. The molecule has 2 unspecified atom stereocenters. The highest BCUT2D eigenvalue weighted by Gasteiger charge is 2.26. The lowest BCUT2D eigenvalue weighted by Crippen LogP contribution is -2.42. The van der Waals surface area contributed by atoms with Gasteiger partial charge in [0.2, 0.25) is 0 Å². The lowest BCUT2D eigenvalue weighted by molar-refractivity contribution is 0.0911. The molecule has 0 aliphatic heterocycles. The van der Waals surface area contributed by atoms with Gasteiger partial charge in [0.05, 0.1) is 0 Å². The van der Waals surface area contributed by atoms with Crippen LogP contribution in [0.3, 0.4) is 0 Å². The Morgan fingerprint density at radius 3 is 2.84 bits per heavy atom. The lowest BCUT2D eigenvalue weighted by Gasteiger charge is -2.31. The molecule has 1 aliphatic carbocycles. The van der Waals surface area contributed by atoms with Crippen LogP contribution in [0.4, 0.5) is 0 Å². The van der Waals surface area contributed by atoms with Crippen LogP contribution in [0.5, 0.6) is 0 Å². The van der Waals surface area contributed by atoms with E-state index in [0.717, 1.165) is 27.4 Å². The Hall–Kier alpha value is -0.350. The topological polar surface area (TPSA) is 29.1 Å². The molecule has 0 radical (unpaired) electrons. The fourth-order valence-electron chi connectivity index (χ4n) is 2.68. The molecular weight excluding hydrogens is 370 g/mol. The first-order valence-corrected chi connectivity index (χ1v) is 8.67. The Kier molecular flexibility index (Phi) is 5.46. The predicted octanol–water partition coefficient (Wildman–Crippen LogP) is 4.44. The zero-order valence-electron chi connectivity index (χ0n) is 11.1. The van der Waals surface area contributed by atoms with Gasteiger partial charge in [0, 0.05) is 21.4 Å². The molecule has 1 N–H and O–H groups in total. The van der Waals surface area contributed by atoms with Crippen molar-refractivity contribution in [2.24, 2.45) is 5.92 Å². The molecule has 1 fully saturated rings. The Bertz CT molecular complexity index is 461. The number of nitrogens with one attached hydrogen (secondary N) is 1. The molecule has 0 saturated heterocycles. The molecule has 19 heavy (non-hydrogen) atoms. The standard InChI is InChI=1S/C15H19Br2NO/c1-10-12(6-4-7-13(10)17)15(19)18-14-8-3-2-5-11(14)9-16/h4,6-7,11,14H,2-3,5,8-9H2,1H3,(H,18,19). The minimum absolute atomic E-state index is 0.0525. The van der Waals surface area contributed by atoms with E-state index in [0.29, 0.717) is 12.0 Å². The average Bonchev–Trinajstić information content (AvgIpc) is 2.42. The molecule has 1 amide bonds. The van der Waals surface area contributed by atoms with E-state index < -0.39 is 0 Å². The molecule has 2 atom stereocenters. The largest absolute Gasteiger partial charge is 0.349 e. The highest BCUT2D eigenvalue weighted by Crippen LogP contribution is 2.27. The van der Waals surface area contributed by atoms with Crippen molar-refractivity contribution < 1.29 is 4.79 Å². The van der Waals surface area contributed by atoms with E-state index in [9.17, 15) is 4.79 Å². The van der Waals surface area contributed by atoms with Gasteiger partial charge in [-0.3, -0.25) is 4.79 Å². The SMILES string of the molecule is Cc1c(Br)cccc1C(=O)NC1CCCCC1CBr. The summed E-state index contributed by atoms with van der Waals surface area (Å²) in [5.41, 5.74) is 1.78. The third-order valence-electron chi connectivity index (χ3n) is 3.94. The summed E-state index contributed by atoms with van der Waals surface area (Å²) in [6.45, 7) is 1.97. The second-order valence-electron chi connectivity index (χ2n) is 5.19. The van der Waals surface area contributed by atoms with Crippen molar-refractivity contribution in [3.05, 3.63) is 33.8 Å². The Labute approximate surface area is 131 Å². The van der Waals surface area contributed by atoms with E-state index >= 15 is 0 Å². The van der Waals surface area contributed by atoms with Crippen molar-refractivity contribution in [2.45, 2.75) is 38.6 Å². The third kappa shape index (κ3) is 3.60. The molecule has 2 rings (SSSR count). The van der Waals surface area contributed by atoms with Crippen molar-refractivity contribution in [1.82, 2.24) is 5.32 Å². The second-order valence-corrected chi connectivity index (χ2v) is 6.69. The summed E-state index contributed by atoms with van der Waals surface area (Å²) in [6, 6.07) is 6.07. The van der Waals surface area contributed by atoms with Gasteiger partial charge in [-0.25, -0.2) is 0 Å².